The van der Waals surface area contributed by atoms with Crippen molar-refractivity contribution in [3.63, 3.8) is 0 Å². The van der Waals surface area contributed by atoms with Crippen molar-refractivity contribution in [3.8, 4) is 11.4 Å². The van der Waals surface area contributed by atoms with Crippen LogP contribution in [0.15, 0.2) is 53.1 Å². The Morgan fingerprint density at radius 2 is 1.83 bits per heavy atom. The molecule has 0 spiro atoms. The van der Waals surface area contributed by atoms with Gasteiger partial charge in [0.1, 0.15) is 0 Å². The molecule has 0 saturated carbocycles. The highest BCUT2D eigenvalue weighted by atomic mass is 127. The van der Waals surface area contributed by atoms with Gasteiger partial charge in [0.2, 0.25) is 17.6 Å². The largest absolute Gasteiger partial charge is 0.339 e. The number of halogens is 2. The molecule has 0 aliphatic rings. The minimum absolute atomic E-state index is 0.119. The predicted octanol–water partition coefficient (Wildman–Crippen LogP) is 4.57. The van der Waals surface area contributed by atoms with E-state index in [1.165, 1.54) is 0 Å². The summed E-state index contributed by atoms with van der Waals surface area (Å²) in [5, 5.41) is 7.38. The van der Waals surface area contributed by atoms with Gasteiger partial charge >= 0.3 is 0 Å². The van der Waals surface area contributed by atoms with Crippen LogP contribution in [0, 0.1) is 3.57 Å². The Morgan fingerprint density at radius 1 is 1.12 bits per heavy atom. The Morgan fingerprint density at radius 3 is 2.54 bits per heavy atom. The molecule has 0 unspecified atom stereocenters. The van der Waals surface area contributed by atoms with Crippen LogP contribution in [0.4, 0.5) is 5.69 Å². The van der Waals surface area contributed by atoms with Gasteiger partial charge in [0.05, 0.1) is 0 Å². The van der Waals surface area contributed by atoms with E-state index in [-0.39, 0.29) is 12.3 Å². The van der Waals surface area contributed by atoms with Crippen molar-refractivity contribution in [2.45, 2.75) is 12.8 Å². The first kappa shape index (κ1) is 16.9. The molecule has 24 heavy (non-hydrogen) atoms. The summed E-state index contributed by atoms with van der Waals surface area (Å²) < 4.78 is 6.34. The van der Waals surface area contributed by atoms with E-state index in [0.29, 0.717) is 28.8 Å². The van der Waals surface area contributed by atoms with E-state index >= 15 is 0 Å². The van der Waals surface area contributed by atoms with Crippen LogP contribution in [0.1, 0.15) is 12.3 Å². The van der Waals surface area contributed by atoms with Crippen LogP contribution in [0.5, 0.6) is 0 Å². The Labute approximate surface area is 157 Å². The number of carbonyl (C=O) groups excluding carboxylic acids is 1. The van der Waals surface area contributed by atoms with E-state index in [1.807, 2.05) is 24.3 Å². The molecule has 0 bridgehead atoms. The average Bonchev–Trinajstić information content (AvgIpc) is 3.05. The monoisotopic (exact) mass is 453 g/mol. The van der Waals surface area contributed by atoms with Crippen molar-refractivity contribution in [2.24, 2.45) is 0 Å². The van der Waals surface area contributed by atoms with E-state index in [9.17, 15) is 4.79 Å². The predicted molar refractivity (Wildman–Crippen MR) is 101 cm³/mol. The second kappa shape index (κ2) is 7.76. The molecule has 3 rings (SSSR count). The molecule has 1 N–H and O–H groups in total. The minimum atomic E-state index is -0.119. The van der Waals surface area contributed by atoms with E-state index < -0.39 is 0 Å². The fraction of sp³-hybridized carbons (Fsp3) is 0.118. The average molecular weight is 454 g/mol. The van der Waals surface area contributed by atoms with E-state index in [1.54, 1.807) is 24.3 Å². The molecule has 2 aromatic carbocycles. The molecule has 1 heterocycles. The van der Waals surface area contributed by atoms with E-state index in [0.717, 1.165) is 9.13 Å². The summed E-state index contributed by atoms with van der Waals surface area (Å²) in [5.74, 6) is 0.848. The highest BCUT2D eigenvalue weighted by Gasteiger charge is 2.11. The molecule has 5 nitrogen and oxygen atoms in total. The van der Waals surface area contributed by atoms with Crippen LogP contribution in [0.2, 0.25) is 5.02 Å². The van der Waals surface area contributed by atoms with Crippen LogP contribution < -0.4 is 5.32 Å². The first-order chi connectivity index (χ1) is 11.6. The van der Waals surface area contributed by atoms with Crippen molar-refractivity contribution in [3.05, 3.63) is 63.0 Å². The molecule has 0 aliphatic heterocycles. The lowest BCUT2D eigenvalue weighted by Crippen LogP contribution is -2.12. The molecule has 1 amide bonds. The first-order valence-corrected chi connectivity index (χ1v) is 8.70. The second-order valence-corrected chi connectivity index (χ2v) is 6.76. The van der Waals surface area contributed by atoms with E-state index in [4.69, 9.17) is 16.1 Å². The third-order valence-corrected chi connectivity index (χ3v) is 4.24. The molecule has 0 atom stereocenters. The molecular weight excluding hydrogens is 441 g/mol. The quantitative estimate of drug-likeness (QED) is 0.575. The Balaban J connectivity index is 1.56. The van der Waals surface area contributed by atoms with Gasteiger partial charge in [-0.1, -0.05) is 28.9 Å². The van der Waals surface area contributed by atoms with Crippen molar-refractivity contribution in [2.75, 3.05) is 5.32 Å². The molecule has 122 valence electrons. The number of benzene rings is 2. The van der Waals surface area contributed by atoms with Crippen LogP contribution in [-0.4, -0.2) is 16.0 Å². The summed E-state index contributed by atoms with van der Waals surface area (Å²) in [7, 11) is 0. The number of amides is 1. The molecule has 0 radical (unpaired) electrons. The standard InChI is InChI=1S/C17H13ClIN3O2/c18-12-3-7-14(8-4-12)20-15(23)9-10-16-21-17(22-24-16)11-1-5-13(19)6-2-11/h1-8H,9-10H2,(H,20,23). The summed E-state index contributed by atoms with van der Waals surface area (Å²) in [5.41, 5.74) is 1.59. The summed E-state index contributed by atoms with van der Waals surface area (Å²) in [6, 6.07) is 14.8. The molecule has 3 aromatic rings. The Kier molecular flexibility index (Phi) is 5.47. The van der Waals surface area contributed by atoms with Gasteiger partial charge in [-0.05, 0) is 59.0 Å². The first-order valence-electron chi connectivity index (χ1n) is 7.24. The number of hydrogen-bond donors (Lipinski definition) is 1. The topological polar surface area (TPSA) is 68.0 Å². The lowest BCUT2D eigenvalue weighted by Gasteiger charge is -2.03. The Bertz CT molecular complexity index is 832. The van der Waals surface area contributed by atoms with Gasteiger partial charge in [-0.15, -0.1) is 0 Å². The normalized spacial score (nSPS) is 10.6. The van der Waals surface area contributed by atoms with Gasteiger partial charge in [0, 0.05) is 32.7 Å². The van der Waals surface area contributed by atoms with Crippen molar-refractivity contribution < 1.29 is 9.32 Å². The van der Waals surface area contributed by atoms with Crippen molar-refractivity contribution in [1.82, 2.24) is 10.1 Å². The summed E-state index contributed by atoms with van der Waals surface area (Å²) in [6.07, 6.45) is 0.647. The maximum absolute atomic E-state index is 12.0. The van der Waals surface area contributed by atoms with Gasteiger partial charge in [0.25, 0.3) is 0 Å². The van der Waals surface area contributed by atoms with Gasteiger partial charge in [-0.25, -0.2) is 0 Å². The number of rotatable bonds is 5. The number of aryl methyl sites for hydroxylation is 1. The van der Waals surface area contributed by atoms with Gasteiger partial charge < -0.3 is 9.84 Å². The van der Waals surface area contributed by atoms with E-state index in [2.05, 4.69) is 38.0 Å². The molecule has 7 heteroatoms. The molecule has 0 saturated heterocycles. The second-order valence-electron chi connectivity index (χ2n) is 5.07. The van der Waals surface area contributed by atoms with Crippen LogP contribution in [0.3, 0.4) is 0 Å². The van der Waals surface area contributed by atoms with Gasteiger partial charge in [-0.3, -0.25) is 4.79 Å². The van der Waals surface area contributed by atoms with Crippen LogP contribution in [0.25, 0.3) is 11.4 Å². The smallest absolute Gasteiger partial charge is 0.227 e. The molecule has 1 aromatic heterocycles. The fourth-order valence-electron chi connectivity index (χ4n) is 2.05. The number of carbonyl (C=O) groups is 1. The molecule has 0 aliphatic carbocycles. The van der Waals surface area contributed by atoms with Gasteiger partial charge in [-0.2, -0.15) is 4.98 Å². The number of nitrogens with zero attached hydrogens (tertiary/aromatic N) is 2. The fourth-order valence-corrected chi connectivity index (χ4v) is 2.54. The van der Waals surface area contributed by atoms with Crippen LogP contribution >= 0.6 is 34.2 Å². The summed E-state index contributed by atoms with van der Waals surface area (Å²) in [4.78, 5) is 16.3. The van der Waals surface area contributed by atoms with Crippen molar-refractivity contribution in [1.29, 1.82) is 0 Å². The number of aromatic nitrogens is 2. The third kappa shape index (κ3) is 4.55. The van der Waals surface area contributed by atoms with Crippen LogP contribution in [-0.2, 0) is 11.2 Å². The highest BCUT2D eigenvalue weighted by molar-refractivity contribution is 14.1. The Hall–Kier alpha value is -1.93. The number of nitrogens with one attached hydrogen (secondary N) is 1. The van der Waals surface area contributed by atoms with Crippen molar-refractivity contribution >= 4 is 45.8 Å². The zero-order chi connectivity index (χ0) is 16.9. The third-order valence-electron chi connectivity index (χ3n) is 3.26. The van der Waals surface area contributed by atoms with Gasteiger partial charge in [0.15, 0.2) is 0 Å². The lowest BCUT2D eigenvalue weighted by atomic mass is 10.2. The molecule has 0 fully saturated rings. The lowest BCUT2D eigenvalue weighted by molar-refractivity contribution is -0.116. The number of anilines is 1. The highest BCUT2D eigenvalue weighted by Crippen LogP contribution is 2.18. The summed E-state index contributed by atoms with van der Waals surface area (Å²) in [6.45, 7) is 0. The zero-order valence-electron chi connectivity index (χ0n) is 12.5. The maximum atomic E-state index is 12.0. The summed E-state index contributed by atoms with van der Waals surface area (Å²) >= 11 is 8.05. The minimum Gasteiger partial charge on any atom is -0.339 e. The zero-order valence-corrected chi connectivity index (χ0v) is 15.4. The molecular formula is C17H13ClIN3O2. The maximum Gasteiger partial charge on any atom is 0.227 e. The number of hydrogen-bond acceptors (Lipinski definition) is 4. The SMILES string of the molecule is O=C(CCc1nc(-c2ccc(I)cc2)no1)Nc1ccc(Cl)cc1.